The Morgan fingerprint density at radius 3 is 2.25 bits per heavy atom. The summed E-state index contributed by atoms with van der Waals surface area (Å²) in [6.07, 6.45) is -0.912. The first-order valence-corrected chi connectivity index (χ1v) is 6.01. The lowest BCUT2D eigenvalue weighted by Gasteiger charge is -2.13. The summed E-state index contributed by atoms with van der Waals surface area (Å²) in [5.41, 5.74) is 0.588. The second kappa shape index (κ2) is 5.96. The van der Waals surface area contributed by atoms with Gasteiger partial charge in [0.15, 0.2) is 0 Å². The van der Waals surface area contributed by atoms with Crippen LogP contribution in [0.2, 0.25) is 0 Å². The SMILES string of the molecule is CC(O)c1cc(F)ccc1OCc1cc(F)cc(F)c1. The van der Waals surface area contributed by atoms with Crippen LogP contribution in [0.15, 0.2) is 36.4 Å². The molecule has 2 rings (SSSR count). The maximum absolute atomic E-state index is 13.1. The van der Waals surface area contributed by atoms with Crippen LogP contribution in [0, 0.1) is 17.5 Å². The first-order chi connectivity index (χ1) is 9.45. The number of benzene rings is 2. The third kappa shape index (κ3) is 3.51. The first-order valence-electron chi connectivity index (χ1n) is 6.01. The summed E-state index contributed by atoms with van der Waals surface area (Å²) in [6, 6.07) is 6.78. The number of hydrogen-bond acceptors (Lipinski definition) is 2. The van der Waals surface area contributed by atoms with Crippen molar-refractivity contribution in [1.82, 2.24) is 0 Å². The fourth-order valence-corrected chi connectivity index (χ4v) is 1.83. The molecule has 2 aromatic rings. The summed E-state index contributed by atoms with van der Waals surface area (Å²) in [7, 11) is 0. The van der Waals surface area contributed by atoms with Gasteiger partial charge in [-0.05, 0) is 42.8 Å². The maximum Gasteiger partial charge on any atom is 0.126 e. The molecule has 0 aromatic heterocycles. The molecule has 0 spiro atoms. The molecule has 20 heavy (non-hydrogen) atoms. The van der Waals surface area contributed by atoms with Crippen LogP contribution in [0.1, 0.15) is 24.2 Å². The lowest BCUT2D eigenvalue weighted by molar-refractivity contribution is 0.189. The van der Waals surface area contributed by atoms with E-state index in [-0.39, 0.29) is 17.9 Å². The summed E-state index contributed by atoms with van der Waals surface area (Å²) < 4.78 is 44.6. The minimum absolute atomic E-state index is 0.0833. The molecule has 1 N–H and O–H groups in total. The van der Waals surface area contributed by atoms with Gasteiger partial charge in [0.2, 0.25) is 0 Å². The van der Waals surface area contributed by atoms with E-state index in [4.69, 9.17) is 4.74 Å². The van der Waals surface area contributed by atoms with E-state index in [0.29, 0.717) is 5.56 Å². The molecule has 1 atom stereocenters. The number of halogens is 3. The monoisotopic (exact) mass is 282 g/mol. The van der Waals surface area contributed by atoms with Gasteiger partial charge in [-0.2, -0.15) is 0 Å². The molecule has 0 bridgehead atoms. The molecule has 0 fully saturated rings. The largest absolute Gasteiger partial charge is 0.489 e. The molecule has 0 aliphatic heterocycles. The predicted molar refractivity (Wildman–Crippen MR) is 67.7 cm³/mol. The molecular weight excluding hydrogens is 269 g/mol. The molecule has 0 aliphatic carbocycles. The van der Waals surface area contributed by atoms with E-state index in [9.17, 15) is 18.3 Å². The van der Waals surface area contributed by atoms with Gasteiger partial charge in [0, 0.05) is 11.6 Å². The van der Waals surface area contributed by atoms with Crippen LogP contribution in [0.25, 0.3) is 0 Å². The highest BCUT2D eigenvalue weighted by Crippen LogP contribution is 2.26. The Labute approximate surface area is 114 Å². The van der Waals surface area contributed by atoms with Crippen LogP contribution < -0.4 is 4.74 Å². The van der Waals surface area contributed by atoms with Gasteiger partial charge in [-0.3, -0.25) is 0 Å². The zero-order chi connectivity index (χ0) is 14.7. The van der Waals surface area contributed by atoms with Gasteiger partial charge in [0.05, 0.1) is 6.10 Å². The standard InChI is InChI=1S/C15H13F3O2/c1-9(19)14-7-11(16)2-3-15(14)20-8-10-4-12(17)6-13(18)5-10/h2-7,9,19H,8H2,1H3. The second-order valence-electron chi connectivity index (χ2n) is 4.42. The van der Waals surface area contributed by atoms with Crippen molar-refractivity contribution < 1.29 is 23.0 Å². The topological polar surface area (TPSA) is 29.5 Å². The van der Waals surface area contributed by atoms with Crippen LogP contribution in [-0.4, -0.2) is 5.11 Å². The maximum atomic E-state index is 13.1. The summed E-state index contributed by atoms with van der Waals surface area (Å²) >= 11 is 0. The number of aliphatic hydroxyl groups excluding tert-OH is 1. The Morgan fingerprint density at radius 1 is 1.00 bits per heavy atom. The zero-order valence-electron chi connectivity index (χ0n) is 10.7. The molecule has 0 saturated carbocycles. The molecule has 1 unspecified atom stereocenters. The minimum atomic E-state index is -0.912. The van der Waals surface area contributed by atoms with Crippen molar-refractivity contribution in [1.29, 1.82) is 0 Å². The van der Waals surface area contributed by atoms with Gasteiger partial charge in [-0.15, -0.1) is 0 Å². The average molecular weight is 282 g/mol. The highest BCUT2D eigenvalue weighted by Gasteiger charge is 2.11. The Morgan fingerprint density at radius 2 is 1.65 bits per heavy atom. The van der Waals surface area contributed by atoms with E-state index in [2.05, 4.69) is 0 Å². The van der Waals surface area contributed by atoms with Crippen molar-refractivity contribution in [3.8, 4) is 5.75 Å². The molecule has 5 heteroatoms. The third-order valence-electron chi connectivity index (χ3n) is 2.74. The van der Waals surface area contributed by atoms with Crippen LogP contribution >= 0.6 is 0 Å². The van der Waals surface area contributed by atoms with E-state index in [0.717, 1.165) is 24.3 Å². The summed E-state index contributed by atoms with van der Waals surface area (Å²) in [5, 5.41) is 9.55. The number of ether oxygens (including phenoxy) is 1. The molecule has 2 nitrogen and oxygen atoms in total. The van der Waals surface area contributed by atoms with Gasteiger partial charge in [0.1, 0.15) is 29.8 Å². The summed E-state index contributed by atoms with van der Waals surface area (Å²) in [4.78, 5) is 0. The van der Waals surface area contributed by atoms with Crippen molar-refractivity contribution in [2.24, 2.45) is 0 Å². The number of aliphatic hydroxyl groups is 1. The fourth-order valence-electron chi connectivity index (χ4n) is 1.83. The molecule has 0 heterocycles. The highest BCUT2D eigenvalue weighted by molar-refractivity contribution is 5.35. The molecular formula is C15H13F3O2. The van der Waals surface area contributed by atoms with E-state index >= 15 is 0 Å². The van der Waals surface area contributed by atoms with Crippen molar-refractivity contribution in [2.45, 2.75) is 19.6 Å². The highest BCUT2D eigenvalue weighted by atomic mass is 19.1. The van der Waals surface area contributed by atoms with E-state index in [1.54, 1.807) is 0 Å². The van der Waals surface area contributed by atoms with Gasteiger partial charge < -0.3 is 9.84 Å². The predicted octanol–water partition coefficient (Wildman–Crippen LogP) is 3.74. The van der Waals surface area contributed by atoms with Crippen molar-refractivity contribution in [3.63, 3.8) is 0 Å². The Kier molecular flexibility index (Phi) is 4.29. The molecule has 2 aromatic carbocycles. The fraction of sp³-hybridized carbons (Fsp3) is 0.200. The zero-order valence-corrected chi connectivity index (χ0v) is 10.7. The molecule has 106 valence electrons. The quantitative estimate of drug-likeness (QED) is 0.925. The second-order valence-corrected chi connectivity index (χ2v) is 4.42. The van der Waals surface area contributed by atoms with Gasteiger partial charge in [-0.25, -0.2) is 13.2 Å². The third-order valence-corrected chi connectivity index (χ3v) is 2.74. The van der Waals surface area contributed by atoms with E-state index in [1.165, 1.54) is 19.1 Å². The van der Waals surface area contributed by atoms with E-state index < -0.39 is 23.6 Å². The average Bonchev–Trinajstić information content (AvgIpc) is 2.36. The Hall–Kier alpha value is -2.01. The van der Waals surface area contributed by atoms with Gasteiger partial charge in [0.25, 0.3) is 0 Å². The Balaban J connectivity index is 2.18. The smallest absolute Gasteiger partial charge is 0.126 e. The molecule has 0 aliphatic rings. The van der Waals surface area contributed by atoms with Crippen molar-refractivity contribution >= 4 is 0 Å². The number of rotatable bonds is 4. The summed E-state index contributed by atoms with van der Waals surface area (Å²) in [6.45, 7) is 1.39. The van der Waals surface area contributed by atoms with Crippen LogP contribution in [-0.2, 0) is 6.61 Å². The molecule has 0 radical (unpaired) electrons. The van der Waals surface area contributed by atoms with Crippen LogP contribution in [0.5, 0.6) is 5.75 Å². The van der Waals surface area contributed by atoms with Gasteiger partial charge >= 0.3 is 0 Å². The lowest BCUT2D eigenvalue weighted by Crippen LogP contribution is -2.02. The Bertz CT molecular complexity index is 592. The van der Waals surface area contributed by atoms with Crippen molar-refractivity contribution in [2.75, 3.05) is 0 Å². The molecule has 0 saturated heterocycles. The molecule has 0 amide bonds. The van der Waals surface area contributed by atoms with Crippen LogP contribution in [0.4, 0.5) is 13.2 Å². The normalized spacial score (nSPS) is 12.2. The van der Waals surface area contributed by atoms with Crippen LogP contribution in [0.3, 0.4) is 0 Å². The van der Waals surface area contributed by atoms with E-state index in [1.807, 2.05) is 0 Å². The first kappa shape index (κ1) is 14.4. The summed E-state index contributed by atoms with van der Waals surface area (Å²) in [5.74, 6) is -1.62. The lowest BCUT2D eigenvalue weighted by atomic mass is 10.1. The minimum Gasteiger partial charge on any atom is -0.489 e. The van der Waals surface area contributed by atoms with Crippen molar-refractivity contribution in [3.05, 3.63) is 65.0 Å². The van der Waals surface area contributed by atoms with Gasteiger partial charge in [-0.1, -0.05) is 0 Å². The number of hydrogen-bond donors (Lipinski definition) is 1.